The van der Waals surface area contributed by atoms with Crippen LogP contribution in [0.5, 0.6) is 0 Å². The Morgan fingerprint density at radius 3 is 2.68 bits per heavy atom. The van der Waals surface area contributed by atoms with Crippen molar-refractivity contribution >= 4 is 18.6 Å². The molecule has 3 heterocycles. The highest BCUT2D eigenvalue weighted by Gasteiger charge is 2.27. The first-order valence-electron chi connectivity index (χ1n) is 13.5. The topological polar surface area (TPSA) is 89.1 Å². The first-order valence-corrected chi connectivity index (χ1v) is 14.0. The van der Waals surface area contributed by atoms with Gasteiger partial charge in [-0.05, 0) is 75.2 Å². The Bertz CT molecular complexity index is 1170. The SMILES string of the molecule is CCC1CCN(Cc2nccn2Cc2cc(C(CCc3cn(CC)nn3)C(S)C(=O)O)ccc2C)CC1. The molecule has 2 unspecified atom stereocenters. The molecule has 37 heavy (non-hydrogen) atoms. The molecule has 0 amide bonds. The Hall–Kier alpha value is -2.65. The van der Waals surface area contributed by atoms with Crippen LogP contribution in [0.4, 0.5) is 0 Å². The van der Waals surface area contributed by atoms with Crippen LogP contribution in [0.15, 0.2) is 36.8 Å². The van der Waals surface area contributed by atoms with Gasteiger partial charge in [-0.25, -0.2) is 4.98 Å². The molecule has 1 aliphatic rings. The first-order chi connectivity index (χ1) is 17.9. The van der Waals surface area contributed by atoms with Crippen molar-refractivity contribution in [1.82, 2.24) is 29.4 Å². The number of aryl methyl sites for hydroxylation is 3. The van der Waals surface area contributed by atoms with Gasteiger partial charge in [-0.15, -0.1) is 5.10 Å². The largest absolute Gasteiger partial charge is 0.480 e. The summed E-state index contributed by atoms with van der Waals surface area (Å²) in [4.78, 5) is 19.1. The van der Waals surface area contributed by atoms with Crippen LogP contribution >= 0.6 is 12.6 Å². The molecule has 2 aromatic heterocycles. The number of piperidine rings is 1. The lowest BCUT2D eigenvalue weighted by molar-refractivity contribution is -0.136. The third-order valence-electron chi connectivity index (χ3n) is 7.85. The summed E-state index contributed by atoms with van der Waals surface area (Å²) in [7, 11) is 0. The Kier molecular flexibility index (Phi) is 9.43. The minimum atomic E-state index is -0.906. The lowest BCUT2D eigenvalue weighted by atomic mass is 9.88. The molecular weight excluding hydrogens is 484 g/mol. The monoisotopic (exact) mass is 524 g/mol. The molecule has 1 aromatic carbocycles. The van der Waals surface area contributed by atoms with E-state index in [0.717, 1.165) is 49.2 Å². The number of aliphatic carboxylic acids is 1. The van der Waals surface area contributed by atoms with Gasteiger partial charge in [-0.1, -0.05) is 36.8 Å². The van der Waals surface area contributed by atoms with E-state index < -0.39 is 11.2 Å². The van der Waals surface area contributed by atoms with Gasteiger partial charge < -0.3 is 9.67 Å². The van der Waals surface area contributed by atoms with Crippen LogP contribution in [0.3, 0.4) is 0 Å². The number of hydrogen-bond donors (Lipinski definition) is 2. The fourth-order valence-electron chi connectivity index (χ4n) is 5.25. The third-order valence-corrected chi connectivity index (χ3v) is 8.43. The summed E-state index contributed by atoms with van der Waals surface area (Å²) in [5, 5.41) is 17.3. The van der Waals surface area contributed by atoms with E-state index in [-0.39, 0.29) is 5.92 Å². The van der Waals surface area contributed by atoms with Gasteiger partial charge in [-0.3, -0.25) is 14.4 Å². The van der Waals surface area contributed by atoms with Crippen LogP contribution in [0, 0.1) is 12.8 Å². The third kappa shape index (κ3) is 7.02. The molecule has 1 fully saturated rings. The summed E-state index contributed by atoms with van der Waals surface area (Å²) < 4.78 is 4.02. The van der Waals surface area contributed by atoms with Gasteiger partial charge in [0.2, 0.25) is 0 Å². The van der Waals surface area contributed by atoms with Crippen LogP contribution in [0.1, 0.15) is 73.7 Å². The summed E-state index contributed by atoms with van der Waals surface area (Å²) in [6.07, 6.45) is 10.9. The van der Waals surface area contributed by atoms with E-state index in [2.05, 4.69) is 63.4 Å². The van der Waals surface area contributed by atoms with Gasteiger partial charge in [0.05, 0.1) is 12.2 Å². The number of thiol groups is 1. The average molecular weight is 525 g/mol. The fourth-order valence-corrected chi connectivity index (χ4v) is 5.58. The number of imidazole rings is 1. The van der Waals surface area contributed by atoms with Crippen molar-refractivity contribution in [3.8, 4) is 0 Å². The van der Waals surface area contributed by atoms with Crippen molar-refractivity contribution in [2.75, 3.05) is 13.1 Å². The summed E-state index contributed by atoms with van der Waals surface area (Å²) in [6, 6.07) is 6.30. The molecular formula is C28H40N6O2S. The first kappa shape index (κ1) is 27.4. The second-order valence-electron chi connectivity index (χ2n) is 10.3. The number of nitrogens with zero attached hydrogens (tertiary/aromatic N) is 6. The number of carbonyl (C=O) groups is 1. The fraction of sp³-hybridized carbons (Fsp3) is 0.571. The highest BCUT2D eigenvalue weighted by molar-refractivity contribution is 7.81. The van der Waals surface area contributed by atoms with Crippen LogP contribution in [0.2, 0.25) is 0 Å². The lowest BCUT2D eigenvalue weighted by Gasteiger charge is -2.31. The normalized spacial score (nSPS) is 16.6. The van der Waals surface area contributed by atoms with E-state index >= 15 is 0 Å². The van der Waals surface area contributed by atoms with Crippen molar-refractivity contribution in [1.29, 1.82) is 0 Å². The summed E-state index contributed by atoms with van der Waals surface area (Å²) in [5.41, 5.74) is 4.22. The van der Waals surface area contributed by atoms with Gasteiger partial charge in [0.1, 0.15) is 11.1 Å². The smallest absolute Gasteiger partial charge is 0.316 e. The number of carboxylic acid groups (broad SMARTS) is 1. The van der Waals surface area contributed by atoms with Gasteiger partial charge in [0, 0.05) is 37.6 Å². The zero-order valence-electron chi connectivity index (χ0n) is 22.3. The van der Waals surface area contributed by atoms with E-state index in [1.807, 2.05) is 31.6 Å². The Balaban J connectivity index is 1.49. The maximum absolute atomic E-state index is 11.9. The van der Waals surface area contributed by atoms with Crippen molar-refractivity contribution in [2.45, 2.75) is 83.7 Å². The molecule has 0 spiro atoms. The molecule has 0 radical (unpaired) electrons. The molecule has 1 aliphatic heterocycles. The minimum Gasteiger partial charge on any atom is -0.480 e. The second kappa shape index (κ2) is 12.7. The molecule has 1 N–H and O–H groups in total. The molecule has 1 saturated heterocycles. The van der Waals surface area contributed by atoms with E-state index in [4.69, 9.17) is 0 Å². The maximum Gasteiger partial charge on any atom is 0.316 e. The molecule has 0 aliphatic carbocycles. The maximum atomic E-state index is 11.9. The van der Waals surface area contributed by atoms with E-state index in [1.165, 1.54) is 30.4 Å². The molecule has 0 bridgehead atoms. The summed E-state index contributed by atoms with van der Waals surface area (Å²) in [6.45, 7) is 11.0. The van der Waals surface area contributed by atoms with E-state index in [1.54, 1.807) is 4.68 Å². The molecule has 3 aromatic rings. The van der Waals surface area contributed by atoms with Gasteiger partial charge in [0.25, 0.3) is 0 Å². The van der Waals surface area contributed by atoms with Gasteiger partial charge >= 0.3 is 5.97 Å². The van der Waals surface area contributed by atoms with Crippen molar-refractivity contribution in [3.63, 3.8) is 0 Å². The number of likely N-dealkylation sites (tertiary alicyclic amines) is 1. The molecule has 9 heteroatoms. The minimum absolute atomic E-state index is 0.242. The predicted molar refractivity (Wildman–Crippen MR) is 148 cm³/mol. The Labute approximate surface area is 225 Å². The number of hydrogen-bond acceptors (Lipinski definition) is 6. The number of aromatic nitrogens is 5. The predicted octanol–water partition coefficient (Wildman–Crippen LogP) is 4.57. The van der Waals surface area contributed by atoms with Crippen LogP contribution in [0.25, 0.3) is 0 Å². The van der Waals surface area contributed by atoms with E-state index in [9.17, 15) is 9.90 Å². The summed E-state index contributed by atoms with van der Waals surface area (Å²) in [5.74, 6) is 0.785. The van der Waals surface area contributed by atoms with Crippen LogP contribution in [-0.4, -0.2) is 58.9 Å². The number of rotatable bonds is 12. The molecule has 8 nitrogen and oxygen atoms in total. The van der Waals surface area contributed by atoms with Crippen molar-refractivity contribution < 1.29 is 9.90 Å². The van der Waals surface area contributed by atoms with E-state index in [0.29, 0.717) is 19.4 Å². The van der Waals surface area contributed by atoms with Crippen LogP contribution < -0.4 is 0 Å². The van der Waals surface area contributed by atoms with Crippen LogP contribution in [-0.2, 0) is 30.8 Å². The number of carboxylic acids is 1. The Morgan fingerprint density at radius 1 is 1.22 bits per heavy atom. The average Bonchev–Trinajstić information content (AvgIpc) is 3.55. The zero-order chi connectivity index (χ0) is 26.4. The number of benzene rings is 1. The standard InChI is InChI=1S/C28H40N6O2S/c1-4-21-10-13-32(14-11-21)19-26-29-12-15-33(26)17-23-16-22(7-6-20(23)3)25(27(37)28(35)36)9-8-24-18-34(5-2)31-30-24/h6-7,12,15-16,18,21,25,27,37H,4-5,8-11,13-14,17,19H2,1-3H3,(H,35,36). The highest BCUT2D eigenvalue weighted by atomic mass is 32.1. The highest BCUT2D eigenvalue weighted by Crippen LogP contribution is 2.31. The Morgan fingerprint density at radius 2 is 2.00 bits per heavy atom. The van der Waals surface area contributed by atoms with Gasteiger partial charge in [-0.2, -0.15) is 12.6 Å². The molecule has 2 atom stereocenters. The lowest BCUT2D eigenvalue weighted by Crippen LogP contribution is -2.34. The van der Waals surface area contributed by atoms with Crippen molar-refractivity contribution in [3.05, 3.63) is 65.0 Å². The molecule has 200 valence electrons. The van der Waals surface area contributed by atoms with Gasteiger partial charge in [0.15, 0.2) is 0 Å². The molecule has 0 saturated carbocycles. The quantitative estimate of drug-likeness (QED) is 0.337. The second-order valence-corrected chi connectivity index (χ2v) is 10.8. The zero-order valence-corrected chi connectivity index (χ0v) is 23.1. The molecule has 4 rings (SSSR count). The summed E-state index contributed by atoms with van der Waals surface area (Å²) >= 11 is 4.49. The van der Waals surface area contributed by atoms with Crippen molar-refractivity contribution in [2.24, 2.45) is 5.92 Å².